The minimum Gasteiger partial charge on any atom is -0.379 e. The SMILES string of the molecule is N[C@@H]1CN(C(=O)C2CC(=O)N(CCN3CCOCC3)C2)C[C@H]1c1ccccc1. The Morgan fingerprint density at radius 1 is 1.07 bits per heavy atom. The highest BCUT2D eigenvalue weighted by Crippen LogP contribution is 2.29. The molecule has 7 heteroatoms. The third-order valence-electron chi connectivity index (χ3n) is 6.26. The van der Waals surface area contributed by atoms with Crippen molar-refractivity contribution < 1.29 is 14.3 Å². The van der Waals surface area contributed by atoms with Crippen LogP contribution in [0.3, 0.4) is 0 Å². The highest BCUT2D eigenvalue weighted by atomic mass is 16.5. The number of nitrogens with two attached hydrogens (primary N) is 1. The van der Waals surface area contributed by atoms with E-state index in [2.05, 4.69) is 17.0 Å². The zero-order chi connectivity index (χ0) is 19.5. The molecule has 4 rings (SSSR count). The number of nitrogens with zero attached hydrogens (tertiary/aromatic N) is 3. The van der Waals surface area contributed by atoms with E-state index >= 15 is 0 Å². The lowest BCUT2D eigenvalue weighted by molar-refractivity contribution is -0.134. The molecule has 0 saturated carbocycles. The molecule has 0 aromatic heterocycles. The van der Waals surface area contributed by atoms with Crippen molar-refractivity contribution in [3.63, 3.8) is 0 Å². The average molecular weight is 386 g/mol. The Labute approximate surface area is 166 Å². The lowest BCUT2D eigenvalue weighted by Gasteiger charge is -2.28. The number of hydrogen-bond acceptors (Lipinski definition) is 5. The summed E-state index contributed by atoms with van der Waals surface area (Å²) in [5.41, 5.74) is 7.52. The van der Waals surface area contributed by atoms with Crippen LogP contribution in [0.4, 0.5) is 0 Å². The summed E-state index contributed by atoms with van der Waals surface area (Å²) in [5.74, 6) is 0.101. The van der Waals surface area contributed by atoms with Crippen molar-refractivity contribution in [3.8, 4) is 0 Å². The normalized spacial score (nSPS) is 28.9. The number of benzene rings is 1. The molecule has 0 radical (unpaired) electrons. The summed E-state index contributed by atoms with van der Waals surface area (Å²) in [6.45, 7) is 6.62. The Bertz CT molecular complexity index is 692. The van der Waals surface area contributed by atoms with Gasteiger partial charge in [-0.1, -0.05) is 30.3 Å². The van der Waals surface area contributed by atoms with Gasteiger partial charge in [0.2, 0.25) is 11.8 Å². The van der Waals surface area contributed by atoms with Crippen LogP contribution in [0.2, 0.25) is 0 Å². The van der Waals surface area contributed by atoms with Gasteiger partial charge in [-0.2, -0.15) is 0 Å². The molecule has 7 nitrogen and oxygen atoms in total. The van der Waals surface area contributed by atoms with E-state index in [1.807, 2.05) is 28.0 Å². The highest BCUT2D eigenvalue weighted by molar-refractivity contribution is 5.89. The van der Waals surface area contributed by atoms with Gasteiger partial charge in [-0.05, 0) is 5.56 Å². The van der Waals surface area contributed by atoms with Crippen molar-refractivity contribution >= 4 is 11.8 Å². The molecule has 0 bridgehead atoms. The number of carbonyl (C=O) groups is 2. The van der Waals surface area contributed by atoms with Crippen molar-refractivity contribution in [2.45, 2.75) is 18.4 Å². The van der Waals surface area contributed by atoms with Gasteiger partial charge in [-0.15, -0.1) is 0 Å². The summed E-state index contributed by atoms with van der Waals surface area (Å²) in [6, 6.07) is 10.1. The van der Waals surface area contributed by atoms with E-state index in [-0.39, 0.29) is 29.7 Å². The predicted molar refractivity (Wildman–Crippen MR) is 106 cm³/mol. The van der Waals surface area contributed by atoms with Crippen molar-refractivity contribution in [2.75, 3.05) is 59.0 Å². The first kappa shape index (κ1) is 19.4. The molecule has 3 saturated heterocycles. The lowest BCUT2D eigenvalue weighted by Crippen LogP contribution is -2.42. The zero-order valence-electron chi connectivity index (χ0n) is 16.3. The molecular weight excluding hydrogens is 356 g/mol. The fourth-order valence-electron chi connectivity index (χ4n) is 4.56. The number of ether oxygens (including phenoxy) is 1. The molecule has 0 spiro atoms. The lowest BCUT2D eigenvalue weighted by atomic mass is 9.95. The molecule has 0 aliphatic carbocycles. The van der Waals surface area contributed by atoms with Gasteiger partial charge in [0.05, 0.1) is 19.1 Å². The Balaban J connectivity index is 1.31. The van der Waals surface area contributed by atoms with Crippen molar-refractivity contribution in [1.82, 2.24) is 14.7 Å². The minimum absolute atomic E-state index is 0.0547. The number of likely N-dealkylation sites (tertiary alicyclic amines) is 2. The summed E-state index contributed by atoms with van der Waals surface area (Å²) >= 11 is 0. The number of rotatable bonds is 5. The van der Waals surface area contributed by atoms with Gasteiger partial charge < -0.3 is 20.3 Å². The second-order valence-electron chi connectivity index (χ2n) is 8.12. The Hall–Kier alpha value is -1.96. The van der Waals surface area contributed by atoms with E-state index in [0.29, 0.717) is 32.6 Å². The fourth-order valence-corrected chi connectivity index (χ4v) is 4.56. The monoisotopic (exact) mass is 386 g/mol. The first-order valence-electron chi connectivity index (χ1n) is 10.3. The van der Waals surface area contributed by atoms with Gasteiger partial charge in [0.25, 0.3) is 0 Å². The summed E-state index contributed by atoms with van der Waals surface area (Å²) in [6.07, 6.45) is 0.323. The molecule has 152 valence electrons. The number of carbonyl (C=O) groups excluding carboxylic acids is 2. The summed E-state index contributed by atoms with van der Waals surface area (Å²) in [7, 11) is 0. The van der Waals surface area contributed by atoms with E-state index in [1.54, 1.807) is 0 Å². The zero-order valence-corrected chi connectivity index (χ0v) is 16.3. The van der Waals surface area contributed by atoms with E-state index in [4.69, 9.17) is 10.5 Å². The topological polar surface area (TPSA) is 79.1 Å². The third-order valence-corrected chi connectivity index (χ3v) is 6.26. The Kier molecular flexibility index (Phi) is 5.94. The molecule has 2 amide bonds. The molecule has 3 heterocycles. The van der Waals surface area contributed by atoms with Crippen molar-refractivity contribution in [2.24, 2.45) is 11.7 Å². The summed E-state index contributed by atoms with van der Waals surface area (Å²) in [5, 5.41) is 0. The van der Waals surface area contributed by atoms with Crippen LogP contribution < -0.4 is 5.73 Å². The molecule has 3 aliphatic heterocycles. The van der Waals surface area contributed by atoms with Crippen LogP contribution in [0.15, 0.2) is 30.3 Å². The molecule has 3 atom stereocenters. The van der Waals surface area contributed by atoms with E-state index in [0.717, 1.165) is 32.8 Å². The first-order chi connectivity index (χ1) is 13.6. The van der Waals surface area contributed by atoms with Gasteiger partial charge in [-0.25, -0.2) is 0 Å². The Morgan fingerprint density at radius 2 is 1.82 bits per heavy atom. The van der Waals surface area contributed by atoms with Crippen molar-refractivity contribution in [3.05, 3.63) is 35.9 Å². The van der Waals surface area contributed by atoms with Gasteiger partial charge in [0.1, 0.15) is 0 Å². The van der Waals surface area contributed by atoms with Crippen LogP contribution >= 0.6 is 0 Å². The first-order valence-corrected chi connectivity index (χ1v) is 10.3. The van der Waals surface area contributed by atoms with E-state index in [9.17, 15) is 9.59 Å². The van der Waals surface area contributed by atoms with Crippen LogP contribution in [0, 0.1) is 5.92 Å². The number of morpholine rings is 1. The van der Waals surface area contributed by atoms with Gasteiger partial charge >= 0.3 is 0 Å². The van der Waals surface area contributed by atoms with E-state index in [1.165, 1.54) is 5.56 Å². The molecule has 2 N–H and O–H groups in total. The van der Waals surface area contributed by atoms with Gasteiger partial charge in [-0.3, -0.25) is 14.5 Å². The van der Waals surface area contributed by atoms with E-state index < -0.39 is 0 Å². The summed E-state index contributed by atoms with van der Waals surface area (Å²) in [4.78, 5) is 31.5. The number of hydrogen-bond donors (Lipinski definition) is 1. The molecule has 3 fully saturated rings. The van der Waals surface area contributed by atoms with Crippen LogP contribution in [-0.4, -0.2) is 91.6 Å². The third kappa shape index (κ3) is 4.21. The van der Waals surface area contributed by atoms with Gasteiger partial charge in [0.15, 0.2) is 0 Å². The smallest absolute Gasteiger partial charge is 0.228 e. The summed E-state index contributed by atoms with van der Waals surface area (Å²) < 4.78 is 5.36. The average Bonchev–Trinajstić information content (AvgIpc) is 3.30. The molecule has 1 aromatic rings. The van der Waals surface area contributed by atoms with Crippen molar-refractivity contribution in [1.29, 1.82) is 0 Å². The largest absolute Gasteiger partial charge is 0.379 e. The molecule has 1 aromatic carbocycles. The maximum absolute atomic E-state index is 13.0. The quantitative estimate of drug-likeness (QED) is 0.778. The maximum atomic E-state index is 13.0. The van der Waals surface area contributed by atoms with Crippen LogP contribution in [0.25, 0.3) is 0 Å². The Morgan fingerprint density at radius 3 is 2.57 bits per heavy atom. The molecule has 28 heavy (non-hydrogen) atoms. The second kappa shape index (κ2) is 8.59. The molecule has 3 aliphatic rings. The second-order valence-corrected chi connectivity index (χ2v) is 8.12. The van der Waals surface area contributed by atoms with Crippen LogP contribution in [-0.2, 0) is 14.3 Å². The highest BCUT2D eigenvalue weighted by Gasteiger charge is 2.40. The van der Waals surface area contributed by atoms with Crippen LogP contribution in [0.1, 0.15) is 17.9 Å². The minimum atomic E-state index is -0.237. The number of amides is 2. The fraction of sp³-hybridized carbons (Fsp3) is 0.619. The van der Waals surface area contributed by atoms with Gasteiger partial charge in [0, 0.05) is 64.2 Å². The molecule has 1 unspecified atom stereocenters. The predicted octanol–water partition coefficient (Wildman–Crippen LogP) is 0.120. The van der Waals surface area contributed by atoms with Crippen LogP contribution in [0.5, 0.6) is 0 Å². The maximum Gasteiger partial charge on any atom is 0.228 e. The molecular formula is C21H30N4O3. The standard InChI is InChI=1S/C21H30N4O3/c22-19-15-25(14-18(19)16-4-2-1-3-5-16)21(27)17-12-20(26)24(13-17)7-6-23-8-10-28-11-9-23/h1-5,17-19H,6-15,22H2/t17?,18-,19+/m0/s1.